The fourth-order valence-electron chi connectivity index (χ4n) is 3.43. The summed E-state index contributed by atoms with van der Waals surface area (Å²) in [7, 11) is 0. The number of nitrogens with zero attached hydrogens (tertiary/aromatic N) is 3. The molecule has 3 rings (SSSR count). The van der Waals surface area contributed by atoms with Gasteiger partial charge in [0.2, 0.25) is 0 Å². The predicted molar refractivity (Wildman–Crippen MR) is 87.1 cm³/mol. The Morgan fingerprint density at radius 1 is 1.52 bits per heavy atom. The van der Waals surface area contributed by atoms with Gasteiger partial charge in [-0.1, -0.05) is 6.92 Å². The minimum Gasteiger partial charge on any atom is -0.378 e. The van der Waals surface area contributed by atoms with Crippen LogP contribution in [-0.2, 0) is 4.74 Å². The normalized spacial score (nSPS) is 25.7. The number of piperazine rings is 1. The first-order chi connectivity index (χ1) is 11.3. The molecule has 1 aromatic rings. The van der Waals surface area contributed by atoms with Crippen molar-refractivity contribution in [2.45, 2.75) is 38.3 Å². The fraction of sp³-hybridized carbons (Fsp3) is 0.750. The van der Waals surface area contributed by atoms with Gasteiger partial charge in [-0.05, 0) is 25.8 Å². The van der Waals surface area contributed by atoms with Gasteiger partial charge in [0.05, 0.1) is 12.1 Å². The van der Waals surface area contributed by atoms with Crippen LogP contribution >= 0.6 is 0 Å². The summed E-state index contributed by atoms with van der Waals surface area (Å²) in [6.45, 7) is 6.96. The molecule has 0 aliphatic carbocycles. The first-order valence-corrected chi connectivity index (χ1v) is 8.65. The summed E-state index contributed by atoms with van der Waals surface area (Å²) in [4.78, 5) is 24.2. The number of carbonyl (C=O) groups excluding carboxylic acids is 1. The molecule has 2 aliphatic rings. The summed E-state index contributed by atoms with van der Waals surface area (Å²) >= 11 is 0. The highest BCUT2D eigenvalue weighted by Gasteiger charge is 2.31. The number of hydrogen-bond acceptors (Lipinski definition) is 4. The van der Waals surface area contributed by atoms with E-state index in [-0.39, 0.29) is 12.1 Å². The van der Waals surface area contributed by atoms with Crippen molar-refractivity contribution in [3.05, 3.63) is 18.2 Å². The van der Waals surface area contributed by atoms with Crippen molar-refractivity contribution in [3.63, 3.8) is 0 Å². The molecule has 128 valence electrons. The Kier molecular flexibility index (Phi) is 5.51. The van der Waals surface area contributed by atoms with Crippen LogP contribution in [0.15, 0.2) is 12.4 Å². The number of urea groups is 1. The van der Waals surface area contributed by atoms with E-state index in [9.17, 15) is 4.79 Å². The molecule has 3 heterocycles. The van der Waals surface area contributed by atoms with Crippen molar-refractivity contribution >= 4 is 6.03 Å². The van der Waals surface area contributed by atoms with Gasteiger partial charge in [-0.2, -0.15) is 0 Å². The minimum atomic E-state index is 0.0234. The van der Waals surface area contributed by atoms with Crippen LogP contribution in [0.1, 0.15) is 38.1 Å². The number of carbonyl (C=O) groups is 1. The second-order valence-corrected chi connectivity index (χ2v) is 6.22. The number of nitrogens with one attached hydrogen (secondary N) is 2. The number of H-pyrrole nitrogens is 1. The molecule has 23 heavy (non-hydrogen) atoms. The van der Waals surface area contributed by atoms with Gasteiger partial charge in [0.1, 0.15) is 5.82 Å². The summed E-state index contributed by atoms with van der Waals surface area (Å²) < 4.78 is 5.59. The van der Waals surface area contributed by atoms with Crippen LogP contribution < -0.4 is 5.32 Å². The van der Waals surface area contributed by atoms with Crippen LogP contribution in [0.2, 0.25) is 0 Å². The molecule has 2 unspecified atom stereocenters. The Morgan fingerprint density at radius 3 is 3.13 bits per heavy atom. The highest BCUT2D eigenvalue weighted by atomic mass is 16.5. The van der Waals surface area contributed by atoms with E-state index in [0.717, 1.165) is 51.3 Å². The molecule has 0 saturated carbocycles. The monoisotopic (exact) mass is 321 g/mol. The Bertz CT molecular complexity index is 487. The average molecular weight is 321 g/mol. The Hall–Kier alpha value is -1.60. The second kappa shape index (κ2) is 7.79. The minimum absolute atomic E-state index is 0.0234. The predicted octanol–water partition coefficient (Wildman–Crippen LogP) is 1.37. The number of ether oxygens (including phenoxy) is 1. The van der Waals surface area contributed by atoms with Crippen LogP contribution in [0, 0.1) is 0 Å². The zero-order valence-electron chi connectivity index (χ0n) is 13.8. The SMILES string of the molecule is CCN1CCN(C(=O)NCCC2CCCO2)CC1c1ncc[nH]1. The number of amides is 2. The van der Waals surface area contributed by atoms with Gasteiger partial charge < -0.3 is 19.9 Å². The maximum Gasteiger partial charge on any atom is 0.317 e. The van der Waals surface area contributed by atoms with E-state index in [1.165, 1.54) is 0 Å². The fourth-order valence-corrected chi connectivity index (χ4v) is 3.43. The smallest absolute Gasteiger partial charge is 0.317 e. The van der Waals surface area contributed by atoms with Crippen molar-refractivity contribution in [1.82, 2.24) is 25.1 Å². The molecular weight excluding hydrogens is 294 g/mol. The molecule has 2 atom stereocenters. The summed E-state index contributed by atoms with van der Waals surface area (Å²) in [5.41, 5.74) is 0. The number of aromatic amines is 1. The molecule has 7 heteroatoms. The largest absolute Gasteiger partial charge is 0.378 e. The molecule has 2 aliphatic heterocycles. The van der Waals surface area contributed by atoms with Gasteiger partial charge in [-0.25, -0.2) is 9.78 Å². The zero-order chi connectivity index (χ0) is 16.1. The lowest BCUT2D eigenvalue weighted by molar-refractivity contribution is 0.0869. The van der Waals surface area contributed by atoms with Crippen molar-refractivity contribution in [2.75, 3.05) is 39.3 Å². The van der Waals surface area contributed by atoms with Gasteiger partial charge in [0, 0.05) is 45.2 Å². The van der Waals surface area contributed by atoms with Crippen LogP contribution in [0.5, 0.6) is 0 Å². The highest BCUT2D eigenvalue weighted by Crippen LogP contribution is 2.22. The van der Waals surface area contributed by atoms with Crippen LogP contribution in [0.25, 0.3) is 0 Å². The lowest BCUT2D eigenvalue weighted by atomic mass is 10.1. The van der Waals surface area contributed by atoms with Gasteiger partial charge in [-0.3, -0.25) is 4.90 Å². The standard InChI is InChI=1S/C16H27N5O2/c1-2-20-9-10-21(12-14(20)15-17-7-8-18-15)16(22)19-6-5-13-4-3-11-23-13/h7-8,13-14H,2-6,9-12H2,1H3,(H,17,18)(H,19,22). The topological polar surface area (TPSA) is 73.5 Å². The van der Waals surface area contributed by atoms with Crippen LogP contribution in [0.4, 0.5) is 4.79 Å². The number of imidazole rings is 1. The number of rotatable bonds is 5. The third-order valence-corrected chi connectivity index (χ3v) is 4.79. The first-order valence-electron chi connectivity index (χ1n) is 8.65. The molecule has 2 saturated heterocycles. The number of aromatic nitrogens is 2. The molecule has 0 radical (unpaired) electrons. The van der Waals surface area contributed by atoms with E-state index in [4.69, 9.17) is 4.74 Å². The van der Waals surface area contributed by atoms with Gasteiger partial charge in [0.15, 0.2) is 0 Å². The van der Waals surface area contributed by atoms with Crippen LogP contribution in [0.3, 0.4) is 0 Å². The average Bonchev–Trinajstić information content (AvgIpc) is 3.27. The van der Waals surface area contributed by atoms with Gasteiger partial charge >= 0.3 is 6.03 Å². The Balaban J connectivity index is 1.50. The molecule has 2 amide bonds. The third kappa shape index (κ3) is 4.03. The quantitative estimate of drug-likeness (QED) is 0.859. The zero-order valence-corrected chi connectivity index (χ0v) is 13.8. The molecule has 2 fully saturated rings. The first kappa shape index (κ1) is 16.3. The van der Waals surface area contributed by atoms with E-state index in [0.29, 0.717) is 19.2 Å². The van der Waals surface area contributed by atoms with Gasteiger partial charge in [0.25, 0.3) is 0 Å². The molecule has 2 N–H and O–H groups in total. The van der Waals surface area contributed by atoms with E-state index in [1.807, 2.05) is 11.1 Å². The lowest BCUT2D eigenvalue weighted by Crippen LogP contribution is -2.53. The number of hydrogen-bond donors (Lipinski definition) is 2. The van der Waals surface area contributed by atoms with E-state index >= 15 is 0 Å². The molecule has 0 spiro atoms. The van der Waals surface area contributed by atoms with Crippen molar-refractivity contribution in [2.24, 2.45) is 0 Å². The van der Waals surface area contributed by atoms with Crippen molar-refractivity contribution in [3.8, 4) is 0 Å². The molecule has 1 aromatic heterocycles. The molecule has 0 bridgehead atoms. The van der Waals surface area contributed by atoms with E-state index in [1.54, 1.807) is 6.20 Å². The summed E-state index contributed by atoms with van der Waals surface area (Å²) in [5.74, 6) is 0.934. The summed E-state index contributed by atoms with van der Waals surface area (Å²) in [5, 5.41) is 3.04. The van der Waals surface area contributed by atoms with Crippen molar-refractivity contribution in [1.29, 1.82) is 0 Å². The van der Waals surface area contributed by atoms with Crippen LogP contribution in [-0.4, -0.2) is 71.2 Å². The maximum absolute atomic E-state index is 12.4. The second-order valence-electron chi connectivity index (χ2n) is 6.22. The van der Waals surface area contributed by atoms with Crippen molar-refractivity contribution < 1.29 is 9.53 Å². The molecule has 0 aromatic carbocycles. The molecule has 7 nitrogen and oxygen atoms in total. The maximum atomic E-state index is 12.4. The van der Waals surface area contributed by atoms with E-state index in [2.05, 4.69) is 27.1 Å². The lowest BCUT2D eigenvalue weighted by Gasteiger charge is -2.40. The number of likely N-dealkylation sites (N-methyl/N-ethyl adjacent to an activating group) is 1. The Labute approximate surface area is 137 Å². The van der Waals surface area contributed by atoms with E-state index < -0.39 is 0 Å². The van der Waals surface area contributed by atoms with Gasteiger partial charge in [-0.15, -0.1) is 0 Å². The third-order valence-electron chi connectivity index (χ3n) is 4.79. The Morgan fingerprint density at radius 2 is 2.43 bits per heavy atom. The summed E-state index contributed by atoms with van der Waals surface area (Å²) in [6.07, 6.45) is 7.09. The summed E-state index contributed by atoms with van der Waals surface area (Å²) in [6, 6.07) is 0.169. The molecular formula is C16H27N5O2. The highest BCUT2D eigenvalue weighted by molar-refractivity contribution is 5.74.